The second-order valence-corrected chi connectivity index (χ2v) is 4.61. The Kier molecular flexibility index (Phi) is 4.26. The van der Waals surface area contributed by atoms with Gasteiger partial charge in [-0.15, -0.1) is 0 Å². The van der Waals surface area contributed by atoms with Crippen LogP contribution < -0.4 is 5.32 Å². The smallest absolute Gasteiger partial charge is 0.0144 e. The van der Waals surface area contributed by atoms with Crippen LogP contribution in [0.1, 0.15) is 45.4 Å². The van der Waals surface area contributed by atoms with Crippen LogP contribution in [0.15, 0.2) is 35.1 Å². The molecule has 0 bridgehead atoms. The van der Waals surface area contributed by atoms with Crippen molar-refractivity contribution >= 4 is 0 Å². The molecule has 1 nitrogen and oxygen atoms in total. The number of hydrogen-bond acceptors (Lipinski definition) is 1. The van der Waals surface area contributed by atoms with Crippen LogP contribution in [0.3, 0.4) is 0 Å². The fraction of sp³-hybridized carbons (Fsp3) is 0.533. The van der Waals surface area contributed by atoms with Crippen molar-refractivity contribution in [1.82, 2.24) is 5.32 Å². The van der Waals surface area contributed by atoms with E-state index in [4.69, 9.17) is 0 Å². The van der Waals surface area contributed by atoms with Gasteiger partial charge in [-0.05, 0) is 56.1 Å². The maximum Gasteiger partial charge on any atom is 0.0144 e. The number of hydrogen-bond donors (Lipinski definition) is 1. The first-order valence-electron chi connectivity index (χ1n) is 6.54. The first-order valence-corrected chi connectivity index (χ1v) is 6.54. The Labute approximate surface area is 99.3 Å². The summed E-state index contributed by atoms with van der Waals surface area (Å²) in [5.41, 5.74) is 4.62. The lowest BCUT2D eigenvalue weighted by molar-refractivity contribution is 0.576. The highest BCUT2D eigenvalue weighted by atomic mass is 14.9. The largest absolute Gasteiger partial charge is 0.388 e. The van der Waals surface area contributed by atoms with Crippen molar-refractivity contribution in [2.24, 2.45) is 0 Å². The molecule has 1 fully saturated rings. The zero-order valence-electron chi connectivity index (χ0n) is 10.3. The standard InChI is InChI=1S/C15H22N/c1-2-14(15-10-6-7-11-16-15)12-13-8-4-3-5-9-13/h3-4,8-9,16H,2,5-7,10-12H2,1H3. The molecule has 1 aliphatic carbocycles. The summed E-state index contributed by atoms with van der Waals surface area (Å²) >= 11 is 0. The van der Waals surface area contributed by atoms with Crippen molar-refractivity contribution in [1.29, 1.82) is 0 Å². The highest BCUT2D eigenvalue weighted by molar-refractivity contribution is 5.32. The summed E-state index contributed by atoms with van der Waals surface area (Å²) in [5, 5.41) is 3.58. The van der Waals surface area contributed by atoms with Crippen LogP contribution in [-0.4, -0.2) is 6.54 Å². The van der Waals surface area contributed by atoms with Crippen LogP contribution in [0.4, 0.5) is 0 Å². The zero-order chi connectivity index (χ0) is 11.2. The van der Waals surface area contributed by atoms with Gasteiger partial charge < -0.3 is 5.32 Å². The molecule has 2 aliphatic rings. The fourth-order valence-corrected chi connectivity index (χ4v) is 2.44. The maximum atomic E-state index is 3.58. The Bertz CT molecular complexity index is 312. The summed E-state index contributed by atoms with van der Waals surface area (Å²) in [6.07, 6.45) is 16.4. The Balaban J connectivity index is 2.04. The highest BCUT2D eigenvalue weighted by Gasteiger charge is 2.10. The molecule has 0 aromatic carbocycles. The van der Waals surface area contributed by atoms with Crippen molar-refractivity contribution in [3.05, 3.63) is 41.5 Å². The lowest BCUT2D eigenvalue weighted by Crippen LogP contribution is -2.21. The summed E-state index contributed by atoms with van der Waals surface area (Å²) < 4.78 is 0. The van der Waals surface area contributed by atoms with Crippen molar-refractivity contribution in [3.8, 4) is 0 Å². The predicted octanol–water partition coefficient (Wildman–Crippen LogP) is 3.90. The van der Waals surface area contributed by atoms with E-state index in [9.17, 15) is 0 Å². The summed E-state index contributed by atoms with van der Waals surface area (Å²) in [5.74, 6) is 0. The molecule has 1 N–H and O–H groups in total. The van der Waals surface area contributed by atoms with Gasteiger partial charge in [-0.25, -0.2) is 0 Å². The molecule has 0 aromatic rings. The Morgan fingerprint density at radius 1 is 1.38 bits per heavy atom. The quantitative estimate of drug-likeness (QED) is 0.754. The van der Waals surface area contributed by atoms with Gasteiger partial charge in [0.1, 0.15) is 0 Å². The Morgan fingerprint density at radius 3 is 2.94 bits per heavy atom. The van der Waals surface area contributed by atoms with Crippen LogP contribution in [-0.2, 0) is 0 Å². The van der Waals surface area contributed by atoms with Gasteiger partial charge in [0.2, 0.25) is 0 Å². The van der Waals surface area contributed by atoms with Crippen molar-refractivity contribution in [3.63, 3.8) is 0 Å². The molecule has 0 aromatic heterocycles. The lowest BCUT2D eigenvalue weighted by Gasteiger charge is -2.21. The predicted molar refractivity (Wildman–Crippen MR) is 69.9 cm³/mol. The zero-order valence-corrected chi connectivity index (χ0v) is 10.3. The van der Waals surface area contributed by atoms with Gasteiger partial charge in [0, 0.05) is 12.2 Å². The molecule has 0 unspecified atom stereocenters. The minimum Gasteiger partial charge on any atom is -0.388 e. The van der Waals surface area contributed by atoms with Crippen LogP contribution in [0.5, 0.6) is 0 Å². The van der Waals surface area contributed by atoms with E-state index < -0.39 is 0 Å². The molecular weight excluding hydrogens is 194 g/mol. The molecule has 1 aliphatic heterocycles. The lowest BCUT2D eigenvalue weighted by atomic mass is 9.94. The monoisotopic (exact) mass is 216 g/mol. The molecule has 0 spiro atoms. The molecule has 0 atom stereocenters. The van der Waals surface area contributed by atoms with E-state index in [1.165, 1.54) is 43.5 Å². The average Bonchev–Trinajstić information content (AvgIpc) is 2.38. The van der Waals surface area contributed by atoms with E-state index in [-0.39, 0.29) is 0 Å². The molecular formula is C15H22N. The minimum absolute atomic E-state index is 1.10. The first-order chi connectivity index (χ1) is 7.90. The van der Waals surface area contributed by atoms with Crippen molar-refractivity contribution < 1.29 is 0 Å². The van der Waals surface area contributed by atoms with E-state index in [0.717, 1.165) is 12.8 Å². The van der Waals surface area contributed by atoms with Gasteiger partial charge in [-0.3, -0.25) is 0 Å². The normalized spacial score (nSPS) is 23.7. The van der Waals surface area contributed by atoms with Gasteiger partial charge in [0.25, 0.3) is 0 Å². The van der Waals surface area contributed by atoms with Crippen LogP contribution >= 0.6 is 0 Å². The molecule has 2 rings (SSSR count). The van der Waals surface area contributed by atoms with Gasteiger partial charge >= 0.3 is 0 Å². The number of rotatable bonds is 3. The Morgan fingerprint density at radius 2 is 2.31 bits per heavy atom. The van der Waals surface area contributed by atoms with Crippen LogP contribution in [0.2, 0.25) is 0 Å². The minimum atomic E-state index is 1.10. The molecule has 1 radical (unpaired) electrons. The fourth-order valence-electron chi connectivity index (χ4n) is 2.44. The molecule has 0 saturated carbocycles. The van der Waals surface area contributed by atoms with E-state index >= 15 is 0 Å². The van der Waals surface area contributed by atoms with Crippen molar-refractivity contribution in [2.75, 3.05) is 6.54 Å². The third kappa shape index (κ3) is 3.01. The van der Waals surface area contributed by atoms with E-state index in [0.29, 0.717) is 0 Å². The molecule has 16 heavy (non-hydrogen) atoms. The SMILES string of the molecule is CCC(CC1=CC[CH]C=C1)=C1CCCCN1. The van der Waals surface area contributed by atoms with Gasteiger partial charge in [-0.1, -0.05) is 25.2 Å². The third-order valence-corrected chi connectivity index (χ3v) is 3.43. The number of piperidine rings is 1. The number of allylic oxidation sites excluding steroid dienone is 6. The topological polar surface area (TPSA) is 12.0 Å². The molecule has 1 heteroatoms. The van der Waals surface area contributed by atoms with Gasteiger partial charge in [0.15, 0.2) is 0 Å². The molecule has 1 heterocycles. The summed E-state index contributed by atoms with van der Waals surface area (Å²) in [6.45, 7) is 3.44. The molecule has 1 saturated heterocycles. The number of nitrogens with one attached hydrogen (secondary N) is 1. The second kappa shape index (κ2) is 5.93. The first kappa shape index (κ1) is 11.5. The summed E-state index contributed by atoms with van der Waals surface area (Å²) in [7, 11) is 0. The molecule has 0 amide bonds. The van der Waals surface area contributed by atoms with Gasteiger partial charge in [-0.2, -0.15) is 0 Å². The molecule has 87 valence electrons. The average molecular weight is 216 g/mol. The van der Waals surface area contributed by atoms with Crippen LogP contribution in [0.25, 0.3) is 0 Å². The second-order valence-electron chi connectivity index (χ2n) is 4.61. The van der Waals surface area contributed by atoms with E-state index in [1.54, 1.807) is 5.57 Å². The highest BCUT2D eigenvalue weighted by Crippen LogP contribution is 2.24. The Hall–Kier alpha value is -0.980. The third-order valence-electron chi connectivity index (χ3n) is 3.43. The van der Waals surface area contributed by atoms with Crippen molar-refractivity contribution in [2.45, 2.75) is 45.4 Å². The maximum absolute atomic E-state index is 3.58. The summed E-state index contributed by atoms with van der Waals surface area (Å²) in [6, 6.07) is 0. The van der Waals surface area contributed by atoms with E-state index in [2.05, 4.69) is 36.9 Å². The van der Waals surface area contributed by atoms with E-state index in [1.807, 2.05) is 0 Å². The summed E-state index contributed by atoms with van der Waals surface area (Å²) in [4.78, 5) is 0. The van der Waals surface area contributed by atoms with Gasteiger partial charge in [0.05, 0.1) is 0 Å². The van der Waals surface area contributed by atoms with Crippen LogP contribution in [0, 0.1) is 6.42 Å².